The maximum Gasteiger partial charge on any atom is 0.408 e. The number of nitrogens with zero attached hydrogens (tertiary/aromatic N) is 5. The molecule has 16 nitrogen and oxygen atoms in total. The Balaban J connectivity index is 0.864. The van der Waals surface area contributed by atoms with Crippen LogP contribution >= 0.6 is 0 Å². The van der Waals surface area contributed by atoms with E-state index in [1.165, 1.54) is 7.11 Å². The molecule has 4 amide bonds. The molecule has 0 radical (unpaired) electrons. The largest absolute Gasteiger partial charge is 0.453 e. The second-order valence-electron chi connectivity index (χ2n) is 18.5. The molecule has 3 aromatic heterocycles. The smallest absolute Gasteiger partial charge is 0.408 e. The van der Waals surface area contributed by atoms with Crippen molar-refractivity contribution in [3.05, 3.63) is 115 Å². The summed E-state index contributed by atoms with van der Waals surface area (Å²) >= 11 is 0. The van der Waals surface area contributed by atoms with Gasteiger partial charge in [0, 0.05) is 49.0 Å². The summed E-state index contributed by atoms with van der Waals surface area (Å²) in [6.07, 6.45) is 8.72. The highest BCUT2D eigenvalue weighted by Crippen LogP contribution is 2.37. The highest BCUT2D eigenvalue weighted by molar-refractivity contribution is 5.90. The van der Waals surface area contributed by atoms with Gasteiger partial charge in [-0.25, -0.2) is 19.6 Å². The molecule has 3 aliphatic rings. The van der Waals surface area contributed by atoms with Crippen molar-refractivity contribution in [1.29, 1.82) is 0 Å². The quantitative estimate of drug-likeness (QED) is 0.0980. The second-order valence-corrected chi connectivity index (χ2v) is 18.5. The van der Waals surface area contributed by atoms with Crippen LogP contribution in [0, 0.1) is 5.92 Å². The maximum absolute atomic E-state index is 14.2. The fourth-order valence-corrected chi connectivity index (χ4v) is 9.54. The summed E-state index contributed by atoms with van der Waals surface area (Å²) in [7, 11) is 1.31. The number of imidazole rings is 2. The monoisotopic (exact) mass is 907 g/mol. The van der Waals surface area contributed by atoms with Crippen molar-refractivity contribution >= 4 is 34.8 Å². The third kappa shape index (κ3) is 10.0. The van der Waals surface area contributed by atoms with Crippen LogP contribution < -0.4 is 10.6 Å². The number of alkyl carbamates (subject to hydrolysis) is 2. The first kappa shape index (κ1) is 45.1. The Labute approximate surface area is 389 Å². The van der Waals surface area contributed by atoms with Gasteiger partial charge in [0.15, 0.2) is 0 Å². The number of aromatic amines is 2. The van der Waals surface area contributed by atoms with Gasteiger partial charge in [-0.3, -0.25) is 14.6 Å². The molecule has 6 aromatic rings. The van der Waals surface area contributed by atoms with Gasteiger partial charge in [-0.15, -0.1) is 0 Å². The number of amides is 4. The number of carbonyl (C=O) groups is 4. The molecule has 3 aliphatic heterocycles. The van der Waals surface area contributed by atoms with Gasteiger partial charge in [0.25, 0.3) is 5.91 Å². The van der Waals surface area contributed by atoms with E-state index < -0.39 is 29.9 Å². The zero-order valence-electron chi connectivity index (χ0n) is 38.3. The number of rotatable bonds is 11. The van der Waals surface area contributed by atoms with E-state index in [0.717, 1.165) is 70.2 Å². The molecule has 0 saturated carbocycles. The Bertz CT molecular complexity index is 2720. The minimum Gasteiger partial charge on any atom is -0.453 e. The molecular formula is C51H57N9O7. The van der Waals surface area contributed by atoms with Crippen LogP contribution in [0.25, 0.3) is 44.5 Å². The molecule has 4 unspecified atom stereocenters. The number of ether oxygens (including phenoxy) is 3. The number of carbonyl (C=O) groups excluding carboxylic acids is 4. The van der Waals surface area contributed by atoms with Crippen LogP contribution in [-0.4, -0.2) is 104 Å². The summed E-state index contributed by atoms with van der Waals surface area (Å²) in [6, 6.07) is 23.5. The first-order valence-electron chi connectivity index (χ1n) is 23.1. The average molecular weight is 908 g/mol. The van der Waals surface area contributed by atoms with E-state index in [4.69, 9.17) is 29.2 Å². The Morgan fingerprint density at radius 2 is 1.30 bits per heavy atom. The molecule has 0 spiro atoms. The number of nitrogens with one attached hydrogen (secondary N) is 4. The molecule has 6 heterocycles. The number of aromatic nitrogens is 5. The Kier molecular flexibility index (Phi) is 13.1. The normalized spacial score (nSPS) is 18.7. The molecular weight excluding hydrogens is 851 g/mol. The molecule has 348 valence electrons. The van der Waals surface area contributed by atoms with Crippen LogP contribution in [0.4, 0.5) is 9.59 Å². The van der Waals surface area contributed by atoms with Gasteiger partial charge in [-0.2, -0.15) is 0 Å². The molecule has 9 rings (SSSR count). The van der Waals surface area contributed by atoms with E-state index in [0.29, 0.717) is 56.4 Å². The minimum absolute atomic E-state index is 0.0377. The number of pyridine rings is 1. The lowest BCUT2D eigenvalue weighted by Gasteiger charge is -2.34. The first-order chi connectivity index (χ1) is 32.4. The third-order valence-corrected chi connectivity index (χ3v) is 12.9. The van der Waals surface area contributed by atoms with Crippen LogP contribution in [0.5, 0.6) is 0 Å². The maximum atomic E-state index is 14.2. The van der Waals surface area contributed by atoms with Crippen LogP contribution in [-0.2, 0) is 23.8 Å². The van der Waals surface area contributed by atoms with Crippen molar-refractivity contribution in [2.24, 2.45) is 5.92 Å². The summed E-state index contributed by atoms with van der Waals surface area (Å²) in [5, 5.41) is 7.64. The Morgan fingerprint density at radius 3 is 1.94 bits per heavy atom. The number of fused-ring (bicyclic) bond motifs is 1. The average Bonchev–Trinajstić information content (AvgIpc) is 4.20. The van der Waals surface area contributed by atoms with Crippen LogP contribution in [0.3, 0.4) is 0 Å². The molecule has 4 atom stereocenters. The van der Waals surface area contributed by atoms with Crippen molar-refractivity contribution in [2.45, 2.75) is 89.1 Å². The highest BCUT2D eigenvalue weighted by atomic mass is 16.6. The first-order valence-corrected chi connectivity index (χ1v) is 23.1. The fraction of sp³-hybridized carbons (Fsp3) is 0.392. The van der Waals surface area contributed by atoms with Crippen molar-refractivity contribution in [3.8, 4) is 33.8 Å². The van der Waals surface area contributed by atoms with Gasteiger partial charge in [0.1, 0.15) is 29.3 Å². The fourth-order valence-electron chi connectivity index (χ4n) is 9.54. The summed E-state index contributed by atoms with van der Waals surface area (Å²) in [5.41, 5.74) is 5.32. The zero-order valence-corrected chi connectivity index (χ0v) is 38.3. The number of H-pyrrole nitrogens is 2. The van der Waals surface area contributed by atoms with E-state index in [1.807, 2.05) is 71.9 Å². The predicted molar refractivity (Wildman–Crippen MR) is 251 cm³/mol. The van der Waals surface area contributed by atoms with Crippen LogP contribution in [0.2, 0.25) is 0 Å². The lowest BCUT2D eigenvalue weighted by molar-refractivity contribution is -0.137. The van der Waals surface area contributed by atoms with E-state index in [1.54, 1.807) is 31.9 Å². The summed E-state index contributed by atoms with van der Waals surface area (Å²) in [6.45, 7) is 7.59. The molecule has 0 bridgehead atoms. The molecule has 3 aromatic carbocycles. The van der Waals surface area contributed by atoms with Crippen molar-refractivity contribution in [1.82, 2.24) is 45.4 Å². The molecule has 3 saturated heterocycles. The molecule has 4 N–H and O–H groups in total. The van der Waals surface area contributed by atoms with Crippen molar-refractivity contribution in [2.75, 3.05) is 33.4 Å². The van der Waals surface area contributed by atoms with Crippen molar-refractivity contribution in [3.63, 3.8) is 0 Å². The second kappa shape index (κ2) is 19.4. The van der Waals surface area contributed by atoms with Gasteiger partial charge in [-0.05, 0) is 93.9 Å². The molecule has 0 aliphatic carbocycles. The summed E-state index contributed by atoms with van der Waals surface area (Å²) in [4.78, 5) is 78.3. The Hall–Kier alpha value is -7.07. The van der Waals surface area contributed by atoms with Gasteiger partial charge in [0.2, 0.25) is 5.91 Å². The molecule has 3 fully saturated rings. The standard InChI is InChI=1S/C51H57N9O7/c1-51(2,3)67-50(64)58-43(33-10-6-5-7-11-33)47(61)59-22-8-12-41(59)45-53-29-39(55-45)32-16-14-31(15-17-32)38-27-35-18-19-36(26-37(35)28-52-38)40-30-54-46(56-40)42-13-9-23-60(42)48(62)44(57-49(63)65-4)34-20-24-66-25-21-34/h5-7,10-11,14-19,26-30,34,41-44H,8-9,12-13,20-25H2,1-4H3,(H,53,55)(H,54,56)(H,57,63)(H,58,64). The summed E-state index contributed by atoms with van der Waals surface area (Å²) < 4.78 is 15.9. The number of methoxy groups -OCH3 is 1. The Morgan fingerprint density at radius 1 is 0.687 bits per heavy atom. The summed E-state index contributed by atoms with van der Waals surface area (Å²) in [5.74, 6) is 1.02. The van der Waals surface area contributed by atoms with Crippen LogP contribution in [0.15, 0.2) is 97.5 Å². The minimum atomic E-state index is -0.913. The topological polar surface area (TPSA) is 197 Å². The van der Waals surface area contributed by atoms with Crippen molar-refractivity contribution < 1.29 is 33.4 Å². The highest BCUT2D eigenvalue weighted by Gasteiger charge is 2.41. The number of hydrogen-bond acceptors (Lipinski definition) is 10. The van der Waals surface area contributed by atoms with Gasteiger partial charge in [-0.1, -0.05) is 66.7 Å². The third-order valence-electron chi connectivity index (χ3n) is 12.9. The van der Waals surface area contributed by atoms with Gasteiger partial charge >= 0.3 is 12.2 Å². The van der Waals surface area contributed by atoms with E-state index in [9.17, 15) is 19.2 Å². The van der Waals surface area contributed by atoms with E-state index >= 15 is 0 Å². The van der Waals surface area contributed by atoms with E-state index in [-0.39, 0.29) is 29.8 Å². The molecule has 67 heavy (non-hydrogen) atoms. The zero-order chi connectivity index (χ0) is 46.7. The van der Waals surface area contributed by atoms with E-state index in [2.05, 4.69) is 44.9 Å². The number of hydrogen-bond donors (Lipinski definition) is 4. The van der Waals surface area contributed by atoms with Gasteiger partial charge in [0.05, 0.1) is 48.7 Å². The predicted octanol–water partition coefficient (Wildman–Crippen LogP) is 8.43. The number of likely N-dealkylation sites (tertiary alicyclic amines) is 2. The van der Waals surface area contributed by atoms with Crippen LogP contribution in [0.1, 0.15) is 94.6 Å². The lowest BCUT2D eigenvalue weighted by Crippen LogP contribution is -2.53. The van der Waals surface area contributed by atoms with Gasteiger partial charge < -0.3 is 44.6 Å². The SMILES string of the molecule is COC(=O)NC(C(=O)N1CCCC1c1ncc(-c2ccc3cc(-c4ccc(-c5cnc(C6CCCN6C(=O)C(NC(=O)OC(C)(C)C)c6ccccc6)[nH]5)cc4)ncc3c2)[nH]1)C1CCOCC1. The lowest BCUT2D eigenvalue weighted by atomic mass is 9.90. The molecule has 16 heteroatoms. The number of benzene rings is 3.